The molecule has 0 unspecified atom stereocenters. The predicted molar refractivity (Wildman–Crippen MR) is 116 cm³/mol. The van der Waals surface area contributed by atoms with E-state index in [0.29, 0.717) is 0 Å². The van der Waals surface area contributed by atoms with Gasteiger partial charge >= 0.3 is 0 Å². The van der Waals surface area contributed by atoms with Gasteiger partial charge in [0, 0.05) is 16.0 Å². The zero-order valence-corrected chi connectivity index (χ0v) is 17.7. The van der Waals surface area contributed by atoms with Gasteiger partial charge in [0.1, 0.15) is 12.4 Å². The molecule has 1 saturated carbocycles. The largest absolute Gasteiger partial charge is 0.349 e. The van der Waals surface area contributed by atoms with Gasteiger partial charge in [-0.3, -0.25) is 4.79 Å². The van der Waals surface area contributed by atoms with Gasteiger partial charge in [-0.25, -0.2) is 4.39 Å². The number of rotatable bonds is 3. The average Bonchev–Trinajstić information content (AvgIpc) is 3.08. The molecule has 0 atom stereocenters. The van der Waals surface area contributed by atoms with Crippen LogP contribution in [-0.2, 0) is 4.79 Å². The van der Waals surface area contributed by atoms with Crippen LogP contribution in [0.4, 0.5) is 10.1 Å². The van der Waals surface area contributed by atoms with Crippen molar-refractivity contribution in [3.05, 3.63) is 48.3 Å². The SMILES string of the molecule is CC1(NC(=O)CN2Sc3ccccc3-c3cc(F)ccc32)CCCC1.CCC. The number of amides is 1. The molecule has 0 aromatic heterocycles. The maximum Gasteiger partial charge on any atom is 0.241 e. The Labute approximate surface area is 171 Å². The molecule has 2 aromatic carbocycles. The van der Waals surface area contributed by atoms with E-state index in [0.717, 1.165) is 34.6 Å². The Morgan fingerprint density at radius 3 is 2.54 bits per heavy atom. The molecular formula is C23H29FN2OS. The van der Waals surface area contributed by atoms with E-state index in [9.17, 15) is 9.18 Å². The second kappa shape index (κ2) is 8.99. The lowest BCUT2D eigenvalue weighted by molar-refractivity contribution is -0.121. The minimum absolute atomic E-state index is 0.0200. The van der Waals surface area contributed by atoms with E-state index in [1.165, 1.54) is 25.3 Å². The summed E-state index contributed by atoms with van der Waals surface area (Å²) in [6.07, 6.45) is 5.67. The summed E-state index contributed by atoms with van der Waals surface area (Å²) in [5.41, 5.74) is 2.66. The molecule has 3 nitrogen and oxygen atoms in total. The number of nitrogens with zero attached hydrogens (tertiary/aromatic N) is 1. The molecule has 5 heteroatoms. The first-order chi connectivity index (χ1) is 13.5. The van der Waals surface area contributed by atoms with Crippen LogP contribution in [0.5, 0.6) is 0 Å². The first-order valence-electron chi connectivity index (χ1n) is 10.1. The lowest BCUT2D eigenvalue weighted by Crippen LogP contribution is -2.47. The minimum Gasteiger partial charge on any atom is -0.349 e. The van der Waals surface area contributed by atoms with Crippen molar-refractivity contribution in [3.63, 3.8) is 0 Å². The van der Waals surface area contributed by atoms with Crippen LogP contribution < -0.4 is 9.62 Å². The summed E-state index contributed by atoms with van der Waals surface area (Å²) >= 11 is 1.54. The van der Waals surface area contributed by atoms with Crippen LogP contribution in [0.25, 0.3) is 11.1 Å². The van der Waals surface area contributed by atoms with Crippen LogP contribution in [-0.4, -0.2) is 18.0 Å². The monoisotopic (exact) mass is 400 g/mol. The summed E-state index contributed by atoms with van der Waals surface area (Å²) in [6, 6.07) is 12.7. The summed E-state index contributed by atoms with van der Waals surface area (Å²) in [5, 5.41) is 3.20. The number of hydrogen-bond acceptors (Lipinski definition) is 3. The number of carbonyl (C=O) groups is 1. The lowest BCUT2D eigenvalue weighted by atomic mass is 10.0. The Hall–Kier alpha value is -2.01. The van der Waals surface area contributed by atoms with Crippen molar-refractivity contribution in [1.82, 2.24) is 5.32 Å². The number of benzene rings is 2. The average molecular weight is 401 g/mol. The maximum absolute atomic E-state index is 13.8. The third-order valence-electron chi connectivity index (χ3n) is 5.05. The van der Waals surface area contributed by atoms with Crippen molar-refractivity contribution in [2.45, 2.75) is 63.3 Å². The third-order valence-corrected chi connectivity index (χ3v) is 6.15. The quantitative estimate of drug-likeness (QED) is 0.624. The van der Waals surface area contributed by atoms with Gasteiger partial charge in [-0.1, -0.05) is 51.3 Å². The fraction of sp³-hybridized carbons (Fsp3) is 0.435. The number of halogens is 1. The first kappa shape index (κ1) is 20.7. The molecule has 1 heterocycles. The van der Waals surface area contributed by atoms with Gasteiger partial charge in [0.05, 0.1) is 5.69 Å². The molecule has 1 aliphatic heterocycles. The normalized spacial score (nSPS) is 16.5. The van der Waals surface area contributed by atoms with Gasteiger partial charge in [-0.2, -0.15) is 0 Å². The highest BCUT2D eigenvalue weighted by Gasteiger charge is 2.31. The Bertz CT molecular complexity index is 833. The summed E-state index contributed by atoms with van der Waals surface area (Å²) in [7, 11) is 0. The molecule has 2 aliphatic rings. The molecule has 0 spiro atoms. The van der Waals surface area contributed by atoms with Gasteiger partial charge < -0.3 is 9.62 Å². The van der Waals surface area contributed by atoms with Crippen LogP contribution in [0.1, 0.15) is 52.9 Å². The molecule has 150 valence electrons. The number of anilines is 1. The van der Waals surface area contributed by atoms with Gasteiger partial charge in [0.15, 0.2) is 0 Å². The van der Waals surface area contributed by atoms with E-state index in [1.54, 1.807) is 24.1 Å². The van der Waals surface area contributed by atoms with Crippen LogP contribution in [0.15, 0.2) is 47.4 Å². The zero-order valence-electron chi connectivity index (χ0n) is 16.9. The van der Waals surface area contributed by atoms with Gasteiger partial charge in [-0.15, -0.1) is 0 Å². The zero-order chi connectivity index (χ0) is 20.1. The van der Waals surface area contributed by atoms with E-state index in [1.807, 2.05) is 28.6 Å². The molecule has 1 aliphatic carbocycles. The molecular weight excluding hydrogens is 371 g/mol. The van der Waals surface area contributed by atoms with Crippen molar-refractivity contribution in [2.75, 3.05) is 10.8 Å². The standard InChI is InChI=1S/C20H21FN2OS.C3H8/c1-20(10-4-5-11-20)22-19(24)13-23-17-9-8-14(21)12-16(17)15-6-2-3-7-18(15)25-23;1-3-2/h2-3,6-9,12H,4-5,10-11,13H2,1H3,(H,22,24);3H2,1-2H3. The number of carbonyl (C=O) groups excluding carboxylic acids is 1. The highest BCUT2D eigenvalue weighted by molar-refractivity contribution is 8.01. The van der Waals surface area contributed by atoms with Gasteiger partial charge in [-0.05, 0) is 61.5 Å². The minimum atomic E-state index is -0.261. The topological polar surface area (TPSA) is 32.3 Å². The van der Waals surface area contributed by atoms with Crippen LogP contribution in [0.3, 0.4) is 0 Å². The fourth-order valence-corrected chi connectivity index (χ4v) is 4.88. The molecule has 0 bridgehead atoms. The van der Waals surface area contributed by atoms with E-state index in [4.69, 9.17) is 0 Å². The Morgan fingerprint density at radius 2 is 1.82 bits per heavy atom. The summed E-state index contributed by atoms with van der Waals surface area (Å²) in [4.78, 5) is 13.7. The van der Waals surface area contributed by atoms with Crippen molar-refractivity contribution in [1.29, 1.82) is 0 Å². The molecule has 1 amide bonds. The lowest BCUT2D eigenvalue weighted by Gasteiger charge is -2.32. The summed E-state index contributed by atoms with van der Waals surface area (Å²) < 4.78 is 15.8. The molecule has 0 radical (unpaired) electrons. The Kier molecular flexibility index (Phi) is 6.65. The van der Waals surface area contributed by atoms with Crippen LogP contribution in [0.2, 0.25) is 0 Å². The third kappa shape index (κ3) is 4.69. The van der Waals surface area contributed by atoms with Gasteiger partial charge in [0.25, 0.3) is 0 Å². The molecule has 28 heavy (non-hydrogen) atoms. The van der Waals surface area contributed by atoms with Crippen molar-refractivity contribution < 1.29 is 9.18 Å². The van der Waals surface area contributed by atoms with Crippen LogP contribution >= 0.6 is 11.9 Å². The summed E-state index contributed by atoms with van der Waals surface area (Å²) in [6.45, 7) is 6.63. The second-order valence-electron chi connectivity index (χ2n) is 7.81. The Balaban J connectivity index is 0.000000706. The highest BCUT2D eigenvalue weighted by Crippen LogP contribution is 2.46. The maximum atomic E-state index is 13.8. The van der Waals surface area contributed by atoms with Crippen molar-refractivity contribution in [3.8, 4) is 11.1 Å². The number of hydrogen-bond donors (Lipinski definition) is 1. The molecule has 0 saturated heterocycles. The van der Waals surface area contributed by atoms with E-state index >= 15 is 0 Å². The molecule has 1 fully saturated rings. The first-order valence-corrected chi connectivity index (χ1v) is 10.9. The Morgan fingerprint density at radius 1 is 1.14 bits per heavy atom. The highest BCUT2D eigenvalue weighted by atomic mass is 32.2. The van der Waals surface area contributed by atoms with Crippen molar-refractivity contribution in [2.24, 2.45) is 0 Å². The van der Waals surface area contributed by atoms with Crippen molar-refractivity contribution >= 4 is 23.5 Å². The van der Waals surface area contributed by atoms with E-state index in [2.05, 4.69) is 26.1 Å². The summed E-state index contributed by atoms with van der Waals surface area (Å²) in [5.74, 6) is -0.241. The molecule has 4 rings (SSSR count). The van der Waals surface area contributed by atoms with Gasteiger partial charge in [0.2, 0.25) is 5.91 Å². The molecule has 2 aromatic rings. The second-order valence-corrected chi connectivity index (χ2v) is 8.87. The van der Waals surface area contributed by atoms with E-state index in [-0.39, 0.29) is 23.8 Å². The number of nitrogens with one attached hydrogen (secondary N) is 1. The number of fused-ring (bicyclic) bond motifs is 3. The fourth-order valence-electron chi connectivity index (χ4n) is 3.78. The van der Waals surface area contributed by atoms with E-state index < -0.39 is 0 Å². The van der Waals surface area contributed by atoms with Crippen LogP contribution in [0, 0.1) is 5.82 Å². The molecule has 1 N–H and O–H groups in total. The predicted octanol–water partition coefficient (Wildman–Crippen LogP) is 6.19. The smallest absolute Gasteiger partial charge is 0.241 e.